The first-order valence-corrected chi connectivity index (χ1v) is 13.4. The quantitative estimate of drug-likeness (QED) is 0.192. The topological polar surface area (TPSA) is 177 Å². The molecule has 44 heavy (non-hydrogen) atoms. The molecular weight excluding hydrogens is 599 g/mol. The van der Waals surface area contributed by atoms with Gasteiger partial charge in [0.25, 0.3) is 5.91 Å². The lowest BCUT2D eigenvalue weighted by molar-refractivity contribution is -0.279. The Morgan fingerprint density at radius 3 is 2.20 bits per heavy atom. The van der Waals surface area contributed by atoms with Crippen LogP contribution in [-0.4, -0.2) is 101 Å². The number of nitrogens with two attached hydrogens (primary N) is 1. The van der Waals surface area contributed by atoms with Crippen molar-refractivity contribution in [2.45, 2.75) is 50.1 Å². The maximum atomic E-state index is 14.0. The summed E-state index contributed by atoms with van der Waals surface area (Å²) in [6.45, 7) is -1.10. The average Bonchev–Trinajstić information content (AvgIpc) is 2.86. The Balaban J connectivity index is 1.89. The molecule has 4 rings (SSSR count). The van der Waals surface area contributed by atoms with Crippen molar-refractivity contribution >= 4 is 23.2 Å². The number of nitrogens with zero attached hydrogens (tertiary/aromatic N) is 2. The zero-order chi connectivity index (χ0) is 33.5. The van der Waals surface area contributed by atoms with Gasteiger partial charge in [-0.1, -0.05) is 6.92 Å². The molecule has 4 atom stereocenters. The van der Waals surface area contributed by atoms with Gasteiger partial charge in [0.2, 0.25) is 5.78 Å². The van der Waals surface area contributed by atoms with E-state index < -0.39 is 99.6 Å². The predicted octanol–water partition coefficient (Wildman–Crippen LogP) is 1.86. The van der Waals surface area contributed by atoms with Crippen molar-refractivity contribution in [1.29, 1.82) is 0 Å². The summed E-state index contributed by atoms with van der Waals surface area (Å²) in [5.41, 5.74) is -0.718. The number of carbonyl (C=O) groups is 3. The molecule has 242 valence electrons. The molecule has 1 aromatic carbocycles. The van der Waals surface area contributed by atoms with E-state index in [0.717, 1.165) is 0 Å². The maximum absolute atomic E-state index is 14.0. The van der Waals surface area contributed by atoms with Crippen LogP contribution in [-0.2, 0) is 22.6 Å². The number of nitrogens with one attached hydrogen (secondary N) is 1. The molecule has 16 heteroatoms. The number of hydrogen-bond acceptors (Lipinski definition) is 10. The van der Waals surface area contributed by atoms with E-state index in [1.807, 2.05) is 5.32 Å². The summed E-state index contributed by atoms with van der Waals surface area (Å²) >= 11 is 0. The van der Waals surface area contributed by atoms with Gasteiger partial charge in [0.1, 0.15) is 22.8 Å². The third kappa shape index (κ3) is 4.53. The number of aliphatic hydroxyl groups is 3. The number of carbonyl (C=O) groups excluding carboxylic acids is 3. The molecule has 1 amide bonds. The summed E-state index contributed by atoms with van der Waals surface area (Å²) in [6.07, 6.45) is -6.04. The standard InChI is InChI=1S/C28H33F5N4O7/c1-25-8-11-6-13-14(36(2)3)7-12(9-35-10-26(29,30)28(31,32)33)18(38)16(13)19(39)15(11)22(41)27(25,44)23(42)17(24(34)43)20(40)21(25)37(4)5/h7,11,21,35,38,40-41,44H,6,8-10H2,1-5H3,(H2,34,43)/t11-,21+,25-,27-/m0/s1. The van der Waals surface area contributed by atoms with Crippen LogP contribution >= 0.6 is 0 Å². The normalized spacial score (nSPS) is 27.4. The molecule has 0 bridgehead atoms. The molecule has 0 aliphatic heterocycles. The predicted molar refractivity (Wildman–Crippen MR) is 145 cm³/mol. The zero-order valence-electron chi connectivity index (χ0n) is 24.4. The number of hydrogen-bond donors (Lipinski definition) is 6. The number of likely N-dealkylation sites (N-methyl/N-ethyl adjacent to an activating group) is 1. The molecule has 0 spiro atoms. The number of halogens is 5. The van der Waals surface area contributed by atoms with Crippen molar-refractivity contribution in [3.63, 3.8) is 0 Å². The number of allylic oxidation sites excluding steroid dienone is 1. The molecule has 0 aromatic heterocycles. The Labute approximate surface area is 248 Å². The smallest absolute Gasteiger partial charge is 0.454 e. The number of anilines is 1. The Morgan fingerprint density at radius 1 is 1.11 bits per heavy atom. The lowest BCUT2D eigenvalue weighted by Crippen LogP contribution is -2.69. The fraction of sp³-hybridized carbons (Fsp3) is 0.536. The highest BCUT2D eigenvalue weighted by Crippen LogP contribution is 2.59. The second-order valence-electron chi connectivity index (χ2n) is 12.1. The van der Waals surface area contributed by atoms with Gasteiger partial charge in [0.15, 0.2) is 11.4 Å². The molecule has 0 unspecified atom stereocenters. The number of fused-ring (bicyclic) bond motifs is 3. The minimum atomic E-state index is -5.82. The molecule has 3 aliphatic rings. The first-order chi connectivity index (χ1) is 20.0. The van der Waals surface area contributed by atoms with Crippen LogP contribution in [0.1, 0.15) is 34.8 Å². The van der Waals surface area contributed by atoms with Gasteiger partial charge in [-0.2, -0.15) is 22.0 Å². The van der Waals surface area contributed by atoms with E-state index in [9.17, 15) is 56.8 Å². The number of phenols is 1. The van der Waals surface area contributed by atoms with Crippen molar-refractivity contribution in [3.05, 3.63) is 45.4 Å². The second kappa shape index (κ2) is 10.4. The lowest BCUT2D eigenvalue weighted by Gasteiger charge is -2.57. The first kappa shape index (κ1) is 33.1. The van der Waals surface area contributed by atoms with Crippen molar-refractivity contribution < 1.29 is 56.8 Å². The minimum Gasteiger partial charge on any atom is -0.510 e. The van der Waals surface area contributed by atoms with Crippen LogP contribution in [0.2, 0.25) is 0 Å². The summed E-state index contributed by atoms with van der Waals surface area (Å²) in [4.78, 5) is 42.8. The van der Waals surface area contributed by atoms with Gasteiger partial charge in [0.05, 0.1) is 18.2 Å². The van der Waals surface area contributed by atoms with Gasteiger partial charge >= 0.3 is 12.1 Å². The van der Waals surface area contributed by atoms with Crippen LogP contribution in [0.5, 0.6) is 5.75 Å². The summed E-state index contributed by atoms with van der Waals surface area (Å²) in [5, 5.41) is 47.5. The van der Waals surface area contributed by atoms with E-state index in [1.54, 1.807) is 14.1 Å². The number of benzene rings is 1. The SMILES string of the molecule is CN(C)c1cc(CNCC(F)(F)C(F)(F)F)c(O)c2c1C[C@H]1C[C@@]3(C)[C@H](N(C)C)C(O)=C(C(N)=O)C(=O)[C@@]3(O)C(O)=C1C2=O. The van der Waals surface area contributed by atoms with Gasteiger partial charge in [-0.25, -0.2) is 0 Å². The largest absolute Gasteiger partial charge is 0.510 e. The Kier molecular flexibility index (Phi) is 7.84. The number of aromatic hydroxyl groups is 1. The molecule has 0 radical (unpaired) electrons. The van der Waals surface area contributed by atoms with Crippen LogP contribution in [0.4, 0.5) is 27.6 Å². The van der Waals surface area contributed by atoms with Crippen molar-refractivity contribution in [2.75, 3.05) is 39.6 Å². The summed E-state index contributed by atoms with van der Waals surface area (Å²) in [5.74, 6) is -12.4. The van der Waals surface area contributed by atoms with Gasteiger partial charge in [0, 0.05) is 42.9 Å². The number of primary amides is 1. The molecule has 7 N–H and O–H groups in total. The molecule has 0 saturated carbocycles. The van der Waals surface area contributed by atoms with E-state index in [4.69, 9.17) is 5.73 Å². The monoisotopic (exact) mass is 632 g/mol. The highest BCUT2D eigenvalue weighted by Gasteiger charge is 2.69. The number of alkyl halides is 5. The van der Waals surface area contributed by atoms with Crippen LogP contribution in [0, 0.1) is 11.3 Å². The van der Waals surface area contributed by atoms with Crippen LogP contribution < -0.4 is 16.0 Å². The van der Waals surface area contributed by atoms with E-state index in [2.05, 4.69) is 0 Å². The lowest BCUT2D eigenvalue weighted by atomic mass is 9.51. The second-order valence-corrected chi connectivity index (χ2v) is 12.1. The number of amides is 1. The third-order valence-electron chi connectivity index (χ3n) is 8.88. The average molecular weight is 633 g/mol. The molecule has 1 aromatic rings. The summed E-state index contributed by atoms with van der Waals surface area (Å²) in [7, 11) is 6.15. The fourth-order valence-electron chi connectivity index (χ4n) is 6.92. The molecular formula is C28H33F5N4O7. The summed E-state index contributed by atoms with van der Waals surface area (Å²) < 4.78 is 64.8. The highest BCUT2D eigenvalue weighted by molar-refractivity contribution is 6.25. The van der Waals surface area contributed by atoms with Crippen molar-refractivity contribution in [3.8, 4) is 5.75 Å². The number of ketones is 2. The van der Waals surface area contributed by atoms with Gasteiger partial charge < -0.3 is 36.4 Å². The summed E-state index contributed by atoms with van der Waals surface area (Å²) in [6, 6.07) is 0.105. The molecule has 3 aliphatic carbocycles. The first-order valence-electron chi connectivity index (χ1n) is 13.4. The molecule has 0 saturated heterocycles. The third-order valence-corrected chi connectivity index (χ3v) is 8.88. The maximum Gasteiger partial charge on any atom is 0.454 e. The van der Waals surface area contributed by atoms with Crippen LogP contribution in [0.25, 0.3) is 0 Å². The van der Waals surface area contributed by atoms with Gasteiger partial charge in [-0.15, -0.1) is 0 Å². The van der Waals surface area contributed by atoms with Crippen LogP contribution in [0.3, 0.4) is 0 Å². The van der Waals surface area contributed by atoms with Crippen molar-refractivity contribution in [2.24, 2.45) is 17.1 Å². The van der Waals surface area contributed by atoms with E-state index in [1.165, 1.54) is 36.9 Å². The molecule has 0 fully saturated rings. The van der Waals surface area contributed by atoms with Crippen molar-refractivity contribution in [1.82, 2.24) is 10.2 Å². The zero-order valence-corrected chi connectivity index (χ0v) is 24.4. The van der Waals surface area contributed by atoms with Gasteiger partial charge in [-0.05, 0) is 44.5 Å². The van der Waals surface area contributed by atoms with E-state index in [0.29, 0.717) is 5.69 Å². The minimum absolute atomic E-state index is 0.0471. The number of Topliss-reactive ketones (excluding diaryl/α,β-unsaturated/α-hetero) is 2. The van der Waals surface area contributed by atoms with E-state index >= 15 is 0 Å². The number of aliphatic hydroxyl groups excluding tert-OH is 2. The Morgan fingerprint density at radius 2 is 1.70 bits per heavy atom. The number of rotatable bonds is 7. The van der Waals surface area contributed by atoms with Crippen LogP contribution in [0.15, 0.2) is 28.7 Å². The Hall–Kier alpha value is -3.76. The Bertz CT molecular complexity index is 1520. The molecule has 11 nitrogen and oxygen atoms in total. The van der Waals surface area contributed by atoms with E-state index in [-0.39, 0.29) is 24.0 Å². The fourth-order valence-corrected chi connectivity index (χ4v) is 6.92. The highest BCUT2D eigenvalue weighted by atomic mass is 19.4. The van der Waals surface area contributed by atoms with Gasteiger partial charge in [-0.3, -0.25) is 19.3 Å². The number of phenolic OH excluding ortho intramolecular Hbond substituents is 1. The molecule has 0 heterocycles.